The summed E-state index contributed by atoms with van der Waals surface area (Å²) in [5.74, 6) is 2.18. The highest BCUT2D eigenvalue weighted by Crippen LogP contribution is 2.40. The molecule has 1 fully saturated rings. The molecule has 1 heterocycles. The van der Waals surface area contributed by atoms with Crippen LogP contribution in [0.1, 0.15) is 33.1 Å². The van der Waals surface area contributed by atoms with E-state index in [2.05, 4.69) is 16.2 Å². The molecule has 0 spiro atoms. The minimum Gasteiger partial charge on any atom is -0.487 e. The molecule has 1 aromatic rings. The zero-order valence-corrected chi connectivity index (χ0v) is 11.4. The molecule has 0 aliphatic heterocycles. The number of hydrogen-bond donors (Lipinski definition) is 1. The maximum Gasteiger partial charge on any atom is 0.197 e. The standard InChI is InChI=1S/C12H21N3OS/c1-3-7-15(8-9-5-6-9)12-10(16-4-2)11(13)14-17-12/h9H,3-8H2,1-2H3,(H2,13,14). The van der Waals surface area contributed by atoms with Gasteiger partial charge in [0.05, 0.1) is 6.61 Å². The summed E-state index contributed by atoms with van der Waals surface area (Å²) in [6.07, 6.45) is 3.85. The van der Waals surface area contributed by atoms with Gasteiger partial charge in [-0.25, -0.2) is 0 Å². The summed E-state index contributed by atoms with van der Waals surface area (Å²) in [6, 6.07) is 0. The highest BCUT2D eigenvalue weighted by molar-refractivity contribution is 7.11. The number of nitrogens with two attached hydrogens (primary N) is 1. The predicted octanol–water partition coefficient (Wildman–Crippen LogP) is 2.75. The molecule has 5 heteroatoms. The zero-order chi connectivity index (χ0) is 12.3. The number of aromatic nitrogens is 1. The van der Waals surface area contributed by atoms with E-state index in [0.29, 0.717) is 12.4 Å². The number of hydrogen-bond acceptors (Lipinski definition) is 5. The average molecular weight is 255 g/mol. The number of ether oxygens (including phenoxy) is 1. The van der Waals surface area contributed by atoms with E-state index in [4.69, 9.17) is 10.5 Å². The van der Waals surface area contributed by atoms with Gasteiger partial charge in [0.25, 0.3) is 0 Å². The van der Waals surface area contributed by atoms with Crippen LogP contribution in [0.2, 0.25) is 0 Å². The Hall–Kier alpha value is -0.970. The maximum absolute atomic E-state index is 5.86. The second kappa shape index (κ2) is 5.58. The lowest BCUT2D eigenvalue weighted by molar-refractivity contribution is 0.343. The Morgan fingerprint density at radius 3 is 2.82 bits per heavy atom. The van der Waals surface area contributed by atoms with Crippen LogP contribution in [-0.2, 0) is 0 Å². The lowest BCUT2D eigenvalue weighted by Crippen LogP contribution is -2.26. The number of nitrogens with zero attached hydrogens (tertiary/aromatic N) is 2. The van der Waals surface area contributed by atoms with Crippen LogP contribution in [0, 0.1) is 5.92 Å². The zero-order valence-electron chi connectivity index (χ0n) is 10.6. The normalized spacial score (nSPS) is 14.9. The molecular formula is C12H21N3OS. The van der Waals surface area contributed by atoms with Gasteiger partial charge in [-0.3, -0.25) is 0 Å². The van der Waals surface area contributed by atoms with Crippen LogP contribution in [0.25, 0.3) is 0 Å². The van der Waals surface area contributed by atoms with E-state index in [1.54, 1.807) is 0 Å². The third-order valence-corrected chi connectivity index (χ3v) is 3.81. The van der Waals surface area contributed by atoms with Crippen LogP contribution in [-0.4, -0.2) is 24.1 Å². The van der Waals surface area contributed by atoms with Gasteiger partial charge in [0.1, 0.15) is 0 Å². The van der Waals surface area contributed by atoms with Gasteiger partial charge in [-0.1, -0.05) is 6.92 Å². The van der Waals surface area contributed by atoms with Crippen molar-refractivity contribution in [2.24, 2.45) is 5.92 Å². The Morgan fingerprint density at radius 2 is 2.24 bits per heavy atom. The number of rotatable bonds is 7. The topological polar surface area (TPSA) is 51.4 Å². The van der Waals surface area contributed by atoms with Crippen LogP contribution in [0.3, 0.4) is 0 Å². The highest BCUT2D eigenvalue weighted by atomic mass is 32.1. The van der Waals surface area contributed by atoms with Crippen molar-refractivity contribution in [2.45, 2.75) is 33.1 Å². The molecule has 1 aromatic heterocycles. The number of nitrogen functional groups attached to an aromatic ring is 1. The molecule has 0 radical (unpaired) electrons. The molecule has 0 bridgehead atoms. The second-order valence-electron chi connectivity index (χ2n) is 4.52. The molecule has 1 aliphatic rings. The molecule has 0 amide bonds. The Balaban J connectivity index is 2.14. The summed E-state index contributed by atoms with van der Waals surface area (Å²) in [5.41, 5.74) is 5.86. The van der Waals surface area contributed by atoms with Crippen molar-refractivity contribution in [1.29, 1.82) is 0 Å². The van der Waals surface area contributed by atoms with Gasteiger partial charge >= 0.3 is 0 Å². The van der Waals surface area contributed by atoms with E-state index in [1.165, 1.54) is 24.4 Å². The van der Waals surface area contributed by atoms with Gasteiger partial charge in [0.2, 0.25) is 0 Å². The van der Waals surface area contributed by atoms with E-state index < -0.39 is 0 Å². The fourth-order valence-corrected chi connectivity index (χ4v) is 2.72. The molecule has 0 unspecified atom stereocenters. The molecule has 1 aliphatic carbocycles. The fourth-order valence-electron chi connectivity index (χ4n) is 1.92. The third kappa shape index (κ3) is 3.03. The molecule has 0 aromatic carbocycles. The van der Waals surface area contributed by atoms with Crippen LogP contribution >= 0.6 is 11.5 Å². The monoisotopic (exact) mass is 255 g/mol. The molecular weight excluding hydrogens is 234 g/mol. The molecule has 2 N–H and O–H groups in total. The number of anilines is 2. The van der Waals surface area contributed by atoms with Gasteiger partial charge in [-0.2, -0.15) is 4.37 Å². The second-order valence-corrected chi connectivity index (χ2v) is 5.28. The summed E-state index contributed by atoms with van der Waals surface area (Å²) >= 11 is 1.46. The molecule has 96 valence electrons. The van der Waals surface area contributed by atoms with E-state index in [1.807, 2.05) is 6.92 Å². The van der Waals surface area contributed by atoms with Gasteiger partial charge in [-0.15, -0.1) is 0 Å². The van der Waals surface area contributed by atoms with Crippen LogP contribution in [0.4, 0.5) is 10.8 Å². The van der Waals surface area contributed by atoms with E-state index >= 15 is 0 Å². The van der Waals surface area contributed by atoms with E-state index in [9.17, 15) is 0 Å². The lowest BCUT2D eigenvalue weighted by Gasteiger charge is -2.23. The first kappa shape index (κ1) is 12.5. The molecule has 1 saturated carbocycles. The summed E-state index contributed by atoms with van der Waals surface area (Å²) in [5, 5.41) is 1.11. The van der Waals surface area contributed by atoms with Crippen molar-refractivity contribution >= 4 is 22.4 Å². The first-order valence-corrected chi connectivity index (χ1v) is 7.16. The van der Waals surface area contributed by atoms with Gasteiger partial charge < -0.3 is 15.4 Å². The molecule has 4 nitrogen and oxygen atoms in total. The molecule has 0 saturated heterocycles. The minimum atomic E-state index is 0.531. The molecule has 2 rings (SSSR count). The van der Waals surface area contributed by atoms with Crippen molar-refractivity contribution < 1.29 is 4.74 Å². The first-order valence-electron chi connectivity index (χ1n) is 6.39. The van der Waals surface area contributed by atoms with E-state index in [0.717, 1.165) is 36.2 Å². The van der Waals surface area contributed by atoms with Gasteiger partial charge in [-0.05, 0) is 43.6 Å². The van der Waals surface area contributed by atoms with Crippen molar-refractivity contribution in [3.63, 3.8) is 0 Å². The quantitative estimate of drug-likeness (QED) is 0.814. The third-order valence-electron chi connectivity index (χ3n) is 2.90. The van der Waals surface area contributed by atoms with Gasteiger partial charge in [0, 0.05) is 13.1 Å². The van der Waals surface area contributed by atoms with Crippen molar-refractivity contribution in [3.8, 4) is 5.75 Å². The highest BCUT2D eigenvalue weighted by Gasteiger charge is 2.27. The average Bonchev–Trinajstić information content (AvgIpc) is 3.05. The maximum atomic E-state index is 5.86. The Morgan fingerprint density at radius 1 is 1.47 bits per heavy atom. The summed E-state index contributed by atoms with van der Waals surface area (Å²) in [7, 11) is 0. The fraction of sp³-hybridized carbons (Fsp3) is 0.750. The summed E-state index contributed by atoms with van der Waals surface area (Å²) in [4.78, 5) is 2.39. The summed E-state index contributed by atoms with van der Waals surface area (Å²) < 4.78 is 9.84. The van der Waals surface area contributed by atoms with Crippen LogP contribution in [0.5, 0.6) is 5.75 Å². The lowest BCUT2D eigenvalue weighted by atomic mass is 10.3. The van der Waals surface area contributed by atoms with Crippen LogP contribution < -0.4 is 15.4 Å². The molecule has 0 atom stereocenters. The minimum absolute atomic E-state index is 0.531. The summed E-state index contributed by atoms with van der Waals surface area (Å²) in [6.45, 7) is 6.99. The SMILES string of the molecule is CCCN(CC1CC1)c1snc(N)c1OCC. The largest absolute Gasteiger partial charge is 0.487 e. The van der Waals surface area contributed by atoms with Gasteiger partial charge in [0.15, 0.2) is 16.6 Å². The van der Waals surface area contributed by atoms with Crippen molar-refractivity contribution in [1.82, 2.24) is 4.37 Å². The Labute approximate surface area is 107 Å². The van der Waals surface area contributed by atoms with Crippen LogP contribution in [0.15, 0.2) is 0 Å². The van der Waals surface area contributed by atoms with Crippen molar-refractivity contribution in [3.05, 3.63) is 0 Å². The molecule has 17 heavy (non-hydrogen) atoms. The van der Waals surface area contributed by atoms with Crippen molar-refractivity contribution in [2.75, 3.05) is 30.3 Å². The predicted molar refractivity (Wildman–Crippen MR) is 72.9 cm³/mol. The smallest absolute Gasteiger partial charge is 0.197 e. The first-order chi connectivity index (χ1) is 8.26. The van der Waals surface area contributed by atoms with E-state index in [-0.39, 0.29) is 0 Å². The Kier molecular flexibility index (Phi) is 4.10. The Bertz CT molecular complexity index is 363.